The summed E-state index contributed by atoms with van der Waals surface area (Å²) >= 11 is 1.53. The number of sulfonamides is 1. The van der Waals surface area contributed by atoms with E-state index >= 15 is 0 Å². The van der Waals surface area contributed by atoms with Gasteiger partial charge >= 0.3 is 0 Å². The lowest BCUT2D eigenvalue weighted by atomic mass is 9.97. The van der Waals surface area contributed by atoms with E-state index in [2.05, 4.69) is 27.9 Å². The summed E-state index contributed by atoms with van der Waals surface area (Å²) in [5, 5.41) is 13.6. The van der Waals surface area contributed by atoms with Crippen LogP contribution in [-0.4, -0.2) is 38.4 Å². The Hall–Kier alpha value is -2.25. The molecule has 2 fully saturated rings. The first-order valence-electron chi connectivity index (χ1n) is 14.0. The third-order valence-corrected chi connectivity index (χ3v) is 11.1. The van der Waals surface area contributed by atoms with Crippen LogP contribution < -0.4 is 10.0 Å². The first kappa shape index (κ1) is 27.3. The highest BCUT2D eigenvalue weighted by molar-refractivity contribution is 7.89. The summed E-state index contributed by atoms with van der Waals surface area (Å²) in [6.45, 7) is 4.60. The van der Waals surface area contributed by atoms with Gasteiger partial charge in [0.1, 0.15) is 11.1 Å². The summed E-state index contributed by atoms with van der Waals surface area (Å²) in [7, 11) is -3.56. The quantitative estimate of drug-likeness (QED) is 0.443. The maximum absolute atomic E-state index is 12.9. The van der Waals surface area contributed by atoms with Gasteiger partial charge in [0.25, 0.3) is 0 Å². The van der Waals surface area contributed by atoms with E-state index in [-0.39, 0.29) is 17.2 Å². The van der Waals surface area contributed by atoms with Crippen molar-refractivity contribution in [2.75, 3.05) is 18.4 Å². The van der Waals surface area contributed by atoms with Crippen LogP contribution in [0.1, 0.15) is 79.9 Å². The lowest BCUT2D eigenvalue weighted by molar-refractivity contribution is -0.115. The number of anilines is 1. The third kappa shape index (κ3) is 6.31. The number of carbonyl (C=O) groups is 1. The number of rotatable bonds is 9. The summed E-state index contributed by atoms with van der Waals surface area (Å²) in [6.07, 6.45) is 10.8. The van der Waals surface area contributed by atoms with E-state index in [4.69, 9.17) is 0 Å². The van der Waals surface area contributed by atoms with Crippen LogP contribution in [-0.2, 0) is 34.2 Å². The van der Waals surface area contributed by atoms with Gasteiger partial charge < -0.3 is 5.32 Å². The van der Waals surface area contributed by atoms with Crippen molar-refractivity contribution in [1.29, 1.82) is 5.26 Å². The Balaban J connectivity index is 1.20. The molecular formula is C29H38N4O3S2. The van der Waals surface area contributed by atoms with Crippen molar-refractivity contribution in [3.05, 3.63) is 45.8 Å². The van der Waals surface area contributed by atoms with Crippen LogP contribution in [0, 0.1) is 23.2 Å². The van der Waals surface area contributed by atoms with Gasteiger partial charge in [0.05, 0.1) is 16.9 Å². The van der Waals surface area contributed by atoms with Gasteiger partial charge in [0.2, 0.25) is 15.9 Å². The fourth-order valence-electron chi connectivity index (χ4n) is 6.24. The molecule has 0 spiro atoms. The molecule has 3 aliphatic rings. The molecule has 0 radical (unpaired) electrons. The molecule has 0 bridgehead atoms. The molecule has 2 aromatic rings. The molecule has 1 unspecified atom stereocenters. The van der Waals surface area contributed by atoms with Crippen molar-refractivity contribution >= 4 is 32.3 Å². The fourth-order valence-corrected chi connectivity index (χ4v) is 8.66. The second-order valence-electron chi connectivity index (χ2n) is 11.3. The summed E-state index contributed by atoms with van der Waals surface area (Å²) in [6, 6.07) is 9.29. The van der Waals surface area contributed by atoms with E-state index in [1.807, 2.05) is 0 Å². The topological polar surface area (TPSA) is 102 Å². The maximum Gasteiger partial charge on any atom is 0.240 e. The SMILES string of the molecule is CC1Cc2sc(NC(=O)Cc3ccc(S(=O)(=O)NCC4CCCC4)cc3)c(C#N)c2CN1CC1CCCC1. The number of hydrogen-bond acceptors (Lipinski definition) is 6. The molecule has 2 saturated carbocycles. The van der Waals surface area contributed by atoms with Gasteiger partial charge in [-0.15, -0.1) is 11.3 Å². The normalized spacial score (nSPS) is 20.9. The second-order valence-corrected chi connectivity index (χ2v) is 14.2. The minimum atomic E-state index is -3.56. The number of amides is 1. The highest BCUT2D eigenvalue weighted by atomic mass is 32.2. The highest BCUT2D eigenvalue weighted by Gasteiger charge is 2.31. The Morgan fingerprint density at radius 3 is 2.39 bits per heavy atom. The monoisotopic (exact) mass is 554 g/mol. The van der Waals surface area contributed by atoms with Gasteiger partial charge in [-0.25, -0.2) is 13.1 Å². The largest absolute Gasteiger partial charge is 0.316 e. The molecule has 1 aromatic heterocycles. The van der Waals surface area contributed by atoms with E-state index in [9.17, 15) is 18.5 Å². The smallest absolute Gasteiger partial charge is 0.240 e. The zero-order chi connectivity index (χ0) is 26.7. The number of fused-ring (bicyclic) bond motifs is 1. The van der Waals surface area contributed by atoms with Crippen molar-refractivity contribution in [2.45, 2.75) is 88.6 Å². The molecule has 2 N–H and O–H groups in total. The number of hydrogen-bond donors (Lipinski definition) is 2. The van der Waals surface area contributed by atoms with Gasteiger partial charge in [-0.05, 0) is 68.6 Å². The molecule has 2 aliphatic carbocycles. The zero-order valence-corrected chi connectivity index (χ0v) is 23.8. The standard InChI is InChI=1S/C29H38N4O3S2/c1-20-14-27-26(19-33(20)18-23-8-4-5-9-23)25(16-30)29(37-27)32-28(34)15-21-10-12-24(13-11-21)38(35,36)31-17-22-6-2-3-7-22/h10-13,20,22-23,31H,2-9,14-15,17-19H2,1H3,(H,32,34). The van der Waals surface area contributed by atoms with E-state index in [1.54, 1.807) is 24.3 Å². The van der Waals surface area contributed by atoms with Crippen LogP contribution >= 0.6 is 11.3 Å². The average molecular weight is 555 g/mol. The lowest BCUT2D eigenvalue weighted by Gasteiger charge is -2.35. The molecule has 7 nitrogen and oxygen atoms in total. The second kappa shape index (κ2) is 11.9. The summed E-state index contributed by atoms with van der Waals surface area (Å²) in [4.78, 5) is 16.8. The first-order chi connectivity index (χ1) is 18.3. The molecule has 9 heteroatoms. The third-order valence-electron chi connectivity index (χ3n) is 8.52. The molecule has 0 saturated heterocycles. The van der Waals surface area contributed by atoms with Crippen LogP contribution in [0.15, 0.2) is 29.2 Å². The Kier molecular flexibility index (Phi) is 8.53. The van der Waals surface area contributed by atoms with Crippen molar-refractivity contribution < 1.29 is 13.2 Å². The van der Waals surface area contributed by atoms with Crippen LogP contribution in [0.5, 0.6) is 0 Å². The molecule has 38 heavy (non-hydrogen) atoms. The molecule has 1 aliphatic heterocycles. The predicted molar refractivity (Wildman–Crippen MR) is 150 cm³/mol. The minimum absolute atomic E-state index is 0.119. The molecule has 2 heterocycles. The molecular weight excluding hydrogens is 516 g/mol. The van der Waals surface area contributed by atoms with Gasteiger partial charge in [0.15, 0.2) is 0 Å². The van der Waals surface area contributed by atoms with Crippen LogP contribution in [0.2, 0.25) is 0 Å². The molecule has 1 amide bonds. The van der Waals surface area contributed by atoms with Crippen molar-refractivity contribution in [2.24, 2.45) is 11.8 Å². The average Bonchev–Trinajstić information content (AvgIpc) is 3.65. The number of thiophene rings is 1. The van der Waals surface area contributed by atoms with Crippen molar-refractivity contribution in [1.82, 2.24) is 9.62 Å². The first-order valence-corrected chi connectivity index (χ1v) is 16.3. The zero-order valence-electron chi connectivity index (χ0n) is 22.2. The molecule has 204 valence electrons. The number of benzene rings is 1. The lowest BCUT2D eigenvalue weighted by Crippen LogP contribution is -2.40. The van der Waals surface area contributed by atoms with Crippen molar-refractivity contribution in [3.63, 3.8) is 0 Å². The van der Waals surface area contributed by atoms with Crippen molar-refractivity contribution in [3.8, 4) is 6.07 Å². The number of nitrogens with one attached hydrogen (secondary N) is 2. The van der Waals surface area contributed by atoms with Gasteiger partial charge in [-0.1, -0.05) is 37.8 Å². The Bertz CT molecular complexity index is 1280. The molecule has 5 rings (SSSR count). The number of carbonyl (C=O) groups excluding carboxylic acids is 1. The molecule has 1 aromatic carbocycles. The van der Waals surface area contributed by atoms with E-state index in [0.717, 1.165) is 49.4 Å². The van der Waals surface area contributed by atoms with E-state index in [0.29, 0.717) is 29.1 Å². The van der Waals surface area contributed by atoms with Gasteiger partial charge in [0, 0.05) is 36.1 Å². The van der Waals surface area contributed by atoms with Crippen LogP contribution in [0.3, 0.4) is 0 Å². The fraction of sp³-hybridized carbons (Fsp3) is 0.586. The summed E-state index contributed by atoms with van der Waals surface area (Å²) in [5.74, 6) is 0.977. The van der Waals surface area contributed by atoms with Gasteiger partial charge in [-0.2, -0.15) is 5.26 Å². The predicted octanol–water partition coefficient (Wildman–Crippen LogP) is 5.21. The minimum Gasteiger partial charge on any atom is -0.316 e. The highest BCUT2D eigenvalue weighted by Crippen LogP contribution is 2.39. The Labute approximate surface area is 230 Å². The van der Waals surface area contributed by atoms with Crippen LogP contribution in [0.25, 0.3) is 0 Å². The summed E-state index contributed by atoms with van der Waals surface area (Å²) in [5.41, 5.74) is 2.40. The van der Waals surface area contributed by atoms with Gasteiger partial charge in [-0.3, -0.25) is 9.69 Å². The van der Waals surface area contributed by atoms with E-state index < -0.39 is 10.0 Å². The number of nitriles is 1. The van der Waals surface area contributed by atoms with E-state index in [1.165, 1.54) is 54.7 Å². The summed E-state index contributed by atoms with van der Waals surface area (Å²) < 4.78 is 28.0. The van der Waals surface area contributed by atoms with Crippen LogP contribution in [0.4, 0.5) is 5.00 Å². The Morgan fingerprint density at radius 1 is 1.08 bits per heavy atom. The molecule has 1 atom stereocenters. The number of nitrogens with zero attached hydrogens (tertiary/aromatic N) is 2. The maximum atomic E-state index is 12.9. The Morgan fingerprint density at radius 2 is 1.74 bits per heavy atom.